The van der Waals surface area contributed by atoms with Crippen LogP contribution in [0, 0.1) is 5.82 Å². The number of hydrogen-bond donors (Lipinski definition) is 0. The molecular formula is C13H14BF4NO. The Morgan fingerprint density at radius 2 is 1.85 bits per heavy atom. The number of rotatable bonds is 1. The third-order valence-corrected chi connectivity index (χ3v) is 3.71. The molecule has 1 saturated heterocycles. The van der Waals surface area contributed by atoms with Crippen molar-refractivity contribution in [2.45, 2.75) is 24.9 Å². The predicted octanol–water partition coefficient (Wildman–Crippen LogP) is 2.78. The van der Waals surface area contributed by atoms with Crippen molar-refractivity contribution in [1.29, 1.82) is 0 Å². The van der Waals surface area contributed by atoms with Crippen LogP contribution in [0.3, 0.4) is 0 Å². The van der Waals surface area contributed by atoms with E-state index in [2.05, 4.69) is 0 Å². The molecule has 20 heavy (non-hydrogen) atoms. The molecule has 1 aliphatic rings. The minimum Gasteiger partial charge on any atom is -0.352 e. The van der Waals surface area contributed by atoms with E-state index in [-0.39, 0.29) is 17.3 Å². The summed E-state index contributed by atoms with van der Waals surface area (Å²) in [7, 11) is 1.43. The molecule has 7 heteroatoms. The van der Waals surface area contributed by atoms with Crippen LogP contribution < -0.4 is 0 Å². The van der Waals surface area contributed by atoms with Crippen molar-refractivity contribution in [2.75, 3.05) is 13.1 Å². The van der Waals surface area contributed by atoms with Crippen LogP contribution in [0.4, 0.5) is 22.4 Å². The van der Waals surface area contributed by atoms with E-state index in [4.69, 9.17) is 0 Å². The lowest BCUT2D eigenvalue weighted by atomic mass is 9.85. The lowest BCUT2D eigenvalue weighted by Crippen LogP contribution is -2.37. The molecule has 2 nitrogen and oxygen atoms in total. The fourth-order valence-electron chi connectivity index (χ4n) is 2.69. The van der Waals surface area contributed by atoms with Gasteiger partial charge in [0.15, 0.2) is 5.81 Å². The average Bonchev–Trinajstić information content (AvgIpc) is 2.37. The Bertz CT molecular complexity index is 510. The Balaban J connectivity index is 2.27. The third kappa shape index (κ3) is 2.97. The van der Waals surface area contributed by atoms with Gasteiger partial charge in [-0.2, -0.15) is 13.2 Å². The third-order valence-electron chi connectivity index (χ3n) is 3.71. The molecule has 2 rings (SSSR count). The van der Waals surface area contributed by atoms with E-state index >= 15 is 0 Å². The molecule has 1 aromatic rings. The summed E-state index contributed by atoms with van der Waals surface area (Å²) in [5.74, 6) is -1.68. The van der Waals surface area contributed by atoms with Gasteiger partial charge in [0.2, 0.25) is 7.85 Å². The molecule has 0 atom stereocenters. The zero-order valence-corrected chi connectivity index (χ0v) is 11.0. The van der Waals surface area contributed by atoms with E-state index in [1.807, 2.05) is 0 Å². The number of carbonyl (C=O) groups excluding carboxylic acids is 1. The topological polar surface area (TPSA) is 20.3 Å². The maximum absolute atomic E-state index is 13.5. The standard InChI is InChI=1S/C13H14BF4NO/c14-12(20)19-6-4-8(5-7-19)9-2-1-3-10(15)11(9)13(16,17)18/h1-3,8H,4-7,14H2. The first-order valence-electron chi connectivity index (χ1n) is 6.42. The molecule has 0 bridgehead atoms. The molecule has 0 spiro atoms. The van der Waals surface area contributed by atoms with Gasteiger partial charge in [0.1, 0.15) is 5.82 Å². The Hall–Kier alpha value is -1.53. The van der Waals surface area contributed by atoms with Crippen molar-refractivity contribution in [3.05, 3.63) is 35.1 Å². The van der Waals surface area contributed by atoms with Crippen LogP contribution in [0.5, 0.6) is 0 Å². The van der Waals surface area contributed by atoms with E-state index in [0.29, 0.717) is 25.9 Å². The number of benzene rings is 1. The first-order valence-corrected chi connectivity index (χ1v) is 6.42. The van der Waals surface area contributed by atoms with Crippen LogP contribution in [0.15, 0.2) is 18.2 Å². The molecule has 1 aromatic carbocycles. The van der Waals surface area contributed by atoms with Gasteiger partial charge in [0.25, 0.3) is 0 Å². The van der Waals surface area contributed by atoms with Gasteiger partial charge >= 0.3 is 6.18 Å². The Morgan fingerprint density at radius 3 is 2.35 bits per heavy atom. The molecule has 0 radical (unpaired) electrons. The van der Waals surface area contributed by atoms with Gasteiger partial charge < -0.3 is 4.90 Å². The molecule has 0 saturated carbocycles. The number of halogens is 4. The van der Waals surface area contributed by atoms with Crippen molar-refractivity contribution in [3.63, 3.8) is 0 Å². The highest BCUT2D eigenvalue weighted by atomic mass is 19.4. The summed E-state index contributed by atoms with van der Waals surface area (Å²) in [5, 5.41) is 0. The maximum Gasteiger partial charge on any atom is 0.419 e. The lowest BCUT2D eigenvalue weighted by molar-refractivity contribution is -0.140. The molecule has 1 aliphatic heterocycles. The Labute approximate surface area is 115 Å². The summed E-state index contributed by atoms with van der Waals surface area (Å²) in [5.41, 5.74) is -1.16. The lowest BCUT2D eigenvalue weighted by Gasteiger charge is -2.33. The van der Waals surface area contributed by atoms with E-state index in [1.54, 1.807) is 4.90 Å². The van der Waals surface area contributed by atoms with E-state index < -0.39 is 17.6 Å². The number of amides is 1. The normalized spacial score (nSPS) is 17.3. The molecule has 1 fully saturated rings. The second-order valence-corrected chi connectivity index (χ2v) is 4.98. The van der Waals surface area contributed by atoms with Crippen molar-refractivity contribution >= 4 is 13.7 Å². The summed E-state index contributed by atoms with van der Waals surface area (Å²) in [6.07, 6.45) is -3.85. The SMILES string of the molecule is BC(=O)N1CCC(c2cccc(F)c2C(F)(F)F)CC1. The van der Waals surface area contributed by atoms with Crippen LogP contribution >= 0.6 is 0 Å². The molecule has 1 heterocycles. The van der Waals surface area contributed by atoms with E-state index in [0.717, 1.165) is 6.07 Å². The van der Waals surface area contributed by atoms with Crippen LogP contribution in [0.25, 0.3) is 0 Å². The maximum atomic E-state index is 13.5. The highest BCUT2D eigenvalue weighted by Gasteiger charge is 2.39. The summed E-state index contributed by atoms with van der Waals surface area (Å²) < 4.78 is 52.4. The van der Waals surface area contributed by atoms with Gasteiger partial charge in [-0.05, 0) is 30.4 Å². The van der Waals surface area contributed by atoms with Gasteiger partial charge in [-0.1, -0.05) is 12.1 Å². The number of carbonyl (C=O) groups is 1. The molecule has 0 aliphatic carbocycles. The highest BCUT2D eigenvalue weighted by Crippen LogP contribution is 2.40. The minimum atomic E-state index is -4.70. The first-order chi connectivity index (χ1) is 9.30. The van der Waals surface area contributed by atoms with Gasteiger partial charge in [-0.15, -0.1) is 0 Å². The molecule has 0 N–H and O–H groups in total. The van der Waals surface area contributed by atoms with Gasteiger partial charge in [-0.25, -0.2) is 4.39 Å². The van der Waals surface area contributed by atoms with E-state index in [1.165, 1.54) is 20.0 Å². The fourth-order valence-corrected chi connectivity index (χ4v) is 2.69. The average molecular weight is 287 g/mol. The highest BCUT2D eigenvalue weighted by molar-refractivity contribution is 6.56. The zero-order valence-electron chi connectivity index (χ0n) is 11.0. The van der Waals surface area contributed by atoms with Crippen LogP contribution in [0.2, 0.25) is 0 Å². The number of nitrogens with zero attached hydrogens (tertiary/aromatic N) is 1. The monoisotopic (exact) mass is 287 g/mol. The van der Waals surface area contributed by atoms with Crippen LogP contribution in [-0.2, 0) is 6.18 Å². The van der Waals surface area contributed by atoms with Crippen molar-refractivity contribution in [2.24, 2.45) is 0 Å². The zero-order chi connectivity index (χ0) is 14.9. The Kier molecular flexibility index (Phi) is 4.06. The minimum absolute atomic E-state index is 0.000650. The Morgan fingerprint density at radius 1 is 1.25 bits per heavy atom. The first kappa shape index (κ1) is 14.9. The van der Waals surface area contributed by atoms with Gasteiger partial charge in [0.05, 0.1) is 5.56 Å². The summed E-state index contributed by atoms with van der Waals surface area (Å²) in [6, 6.07) is 3.47. The van der Waals surface area contributed by atoms with Crippen LogP contribution in [-0.4, -0.2) is 31.6 Å². The smallest absolute Gasteiger partial charge is 0.352 e. The number of alkyl halides is 3. The van der Waals surface area contributed by atoms with Gasteiger partial charge in [0, 0.05) is 13.1 Å². The number of likely N-dealkylation sites (tertiary alicyclic amines) is 1. The summed E-state index contributed by atoms with van der Waals surface area (Å²) >= 11 is 0. The molecular weight excluding hydrogens is 273 g/mol. The van der Waals surface area contributed by atoms with Crippen LogP contribution in [0.1, 0.15) is 29.9 Å². The fraction of sp³-hybridized carbons (Fsp3) is 0.462. The quantitative estimate of drug-likeness (QED) is 0.574. The molecule has 0 aromatic heterocycles. The largest absolute Gasteiger partial charge is 0.419 e. The molecule has 108 valence electrons. The van der Waals surface area contributed by atoms with Crippen molar-refractivity contribution in [3.8, 4) is 0 Å². The predicted molar refractivity (Wildman–Crippen MR) is 68.9 cm³/mol. The second-order valence-electron chi connectivity index (χ2n) is 4.98. The number of hydrogen-bond acceptors (Lipinski definition) is 1. The van der Waals surface area contributed by atoms with E-state index in [9.17, 15) is 22.4 Å². The van der Waals surface area contributed by atoms with Crippen molar-refractivity contribution < 1.29 is 22.4 Å². The molecule has 1 amide bonds. The van der Waals surface area contributed by atoms with Gasteiger partial charge in [-0.3, -0.25) is 4.79 Å². The summed E-state index contributed by atoms with van der Waals surface area (Å²) in [4.78, 5) is 12.8. The van der Waals surface area contributed by atoms with Crippen molar-refractivity contribution in [1.82, 2.24) is 4.90 Å². The second kappa shape index (κ2) is 5.46. The molecule has 0 unspecified atom stereocenters. The summed E-state index contributed by atoms with van der Waals surface area (Å²) in [6.45, 7) is 0.821. The number of piperidine rings is 1.